The van der Waals surface area contributed by atoms with E-state index >= 15 is 0 Å². The summed E-state index contributed by atoms with van der Waals surface area (Å²) in [6, 6.07) is 16.1. The zero-order valence-corrected chi connectivity index (χ0v) is 21.6. The second-order valence-corrected chi connectivity index (χ2v) is 9.06. The van der Waals surface area contributed by atoms with Crippen LogP contribution < -0.4 is 19.5 Å². The summed E-state index contributed by atoms with van der Waals surface area (Å²) < 4.78 is 17.2. The molecule has 1 unspecified atom stereocenters. The summed E-state index contributed by atoms with van der Waals surface area (Å²) in [5, 5.41) is 15.0. The predicted molar refractivity (Wildman–Crippen MR) is 143 cm³/mol. The number of nitro groups is 1. The average Bonchev–Trinajstić information content (AvgIpc) is 2.88. The summed E-state index contributed by atoms with van der Waals surface area (Å²) in [4.78, 5) is 12.7. The fourth-order valence-electron chi connectivity index (χ4n) is 4.35. The highest BCUT2D eigenvalue weighted by Gasteiger charge is 2.31. The van der Waals surface area contributed by atoms with Crippen LogP contribution in [-0.4, -0.2) is 42.3 Å². The maximum atomic E-state index is 11.0. The Balaban J connectivity index is 1.65. The summed E-state index contributed by atoms with van der Waals surface area (Å²) in [5.41, 5.74) is 5.40. The molecule has 0 aromatic heterocycles. The van der Waals surface area contributed by atoms with Gasteiger partial charge in [-0.25, -0.2) is 0 Å². The Morgan fingerprint density at radius 1 is 1.08 bits per heavy atom. The van der Waals surface area contributed by atoms with Gasteiger partial charge in [-0.05, 0) is 85.1 Å². The molecule has 1 heterocycles. The van der Waals surface area contributed by atoms with E-state index in [0.717, 1.165) is 34.4 Å². The van der Waals surface area contributed by atoms with Crippen LogP contribution in [0.15, 0.2) is 54.6 Å². The summed E-state index contributed by atoms with van der Waals surface area (Å²) in [6.45, 7) is 5.07. The molecule has 36 heavy (non-hydrogen) atoms. The minimum Gasteiger partial charge on any atom is -0.493 e. The molecule has 8 nitrogen and oxygen atoms in total. The van der Waals surface area contributed by atoms with Crippen LogP contribution >= 0.6 is 12.2 Å². The lowest BCUT2D eigenvalue weighted by atomic mass is 9.92. The molecule has 0 bridgehead atoms. The van der Waals surface area contributed by atoms with Gasteiger partial charge in [0.1, 0.15) is 12.4 Å². The third-order valence-corrected chi connectivity index (χ3v) is 6.69. The van der Waals surface area contributed by atoms with Crippen molar-refractivity contribution in [1.29, 1.82) is 0 Å². The number of nitro benzene ring substituents is 1. The minimum atomic E-state index is -0.431. The van der Waals surface area contributed by atoms with Crippen molar-refractivity contribution in [2.75, 3.05) is 32.7 Å². The van der Waals surface area contributed by atoms with Gasteiger partial charge in [0.25, 0.3) is 5.69 Å². The van der Waals surface area contributed by atoms with Gasteiger partial charge in [-0.2, -0.15) is 0 Å². The number of fused-ring (bicyclic) bond motifs is 1. The Morgan fingerprint density at radius 3 is 2.44 bits per heavy atom. The number of hydrogen-bond acceptors (Lipinski definition) is 6. The maximum Gasteiger partial charge on any atom is 0.269 e. The Bertz CT molecular complexity index is 1280. The van der Waals surface area contributed by atoms with Gasteiger partial charge in [0.2, 0.25) is 0 Å². The molecule has 188 valence electrons. The largest absolute Gasteiger partial charge is 0.493 e. The number of aryl methyl sites for hydroxylation is 2. The van der Waals surface area contributed by atoms with Crippen LogP contribution in [0, 0.1) is 24.0 Å². The molecule has 3 aromatic rings. The third kappa shape index (κ3) is 5.36. The van der Waals surface area contributed by atoms with Gasteiger partial charge in [0.05, 0.1) is 25.2 Å². The molecule has 3 aromatic carbocycles. The van der Waals surface area contributed by atoms with Crippen molar-refractivity contribution in [3.8, 4) is 17.2 Å². The SMILES string of the molecule is COc1cc2c(cc1OC)C(COc1ccc([N+](=O)[O-])cc1)N(C(=S)Nc1cc(C)ccc1C)CC2. The summed E-state index contributed by atoms with van der Waals surface area (Å²) in [6.07, 6.45) is 0.776. The van der Waals surface area contributed by atoms with Gasteiger partial charge in [0.15, 0.2) is 16.6 Å². The molecule has 0 saturated heterocycles. The van der Waals surface area contributed by atoms with Crippen molar-refractivity contribution in [1.82, 2.24) is 4.90 Å². The fraction of sp³-hybridized carbons (Fsp3) is 0.296. The quantitative estimate of drug-likeness (QED) is 0.251. The van der Waals surface area contributed by atoms with Gasteiger partial charge in [-0.1, -0.05) is 12.1 Å². The van der Waals surface area contributed by atoms with Crippen LogP contribution in [0.25, 0.3) is 0 Å². The molecule has 1 atom stereocenters. The molecule has 1 aliphatic rings. The van der Waals surface area contributed by atoms with Crippen LogP contribution in [0.4, 0.5) is 11.4 Å². The molecule has 0 amide bonds. The van der Waals surface area contributed by atoms with Gasteiger partial charge >= 0.3 is 0 Å². The van der Waals surface area contributed by atoms with Crippen LogP contribution in [0.2, 0.25) is 0 Å². The number of thiocarbonyl (C=S) groups is 1. The van der Waals surface area contributed by atoms with Gasteiger partial charge in [0, 0.05) is 24.4 Å². The van der Waals surface area contributed by atoms with Crippen molar-refractivity contribution in [3.05, 3.63) is 87.0 Å². The number of benzene rings is 3. The molecule has 4 rings (SSSR count). The van der Waals surface area contributed by atoms with Crippen molar-refractivity contribution in [3.63, 3.8) is 0 Å². The van der Waals surface area contributed by atoms with Gasteiger partial charge in [-0.15, -0.1) is 0 Å². The summed E-state index contributed by atoms with van der Waals surface area (Å²) in [5.74, 6) is 1.85. The molecule has 9 heteroatoms. The Labute approximate surface area is 215 Å². The van der Waals surface area contributed by atoms with Gasteiger partial charge < -0.3 is 24.4 Å². The molecular weight excluding hydrogens is 478 g/mol. The van der Waals surface area contributed by atoms with Crippen LogP contribution in [0.1, 0.15) is 28.3 Å². The Morgan fingerprint density at radius 2 is 1.78 bits per heavy atom. The number of ether oxygens (including phenoxy) is 3. The summed E-state index contributed by atoms with van der Waals surface area (Å²) >= 11 is 5.88. The highest BCUT2D eigenvalue weighted by Crippen LogP contribution is 2.39. The van der Waals surface area contributed by atoms with Crippen LogP contribution in [0.3, 0.4) is 0 Å². The molecule has 0 spiro atoms. The molecule has 0 radical (unpaired) electrons. The van der Waals surface area contributed by atoms with E-state index < -0.39 is 4.92 Å². The lowest BCUT2D eigenvalue weighted by molar-refractivity contribution is -0.384. The highest BCUT2D eigenvalue weighted by molar-refractivity contribution is 7.80. The number of non-ortho nitro benzene ring substituents is 1. The zero-order chi connectivity index (χ0) is 25.8. The summed E-state index contributed by atoms with van der Waals surface area (Å²) in [7, 11) is 3.23. The standard InChI is InChI=1S/C27H29N3O5S/c1-17-5-6-18(2)23(13-17)28-27(36)29-12-11-19-14-25(33-3)26(34-4)15-22(19)24(29)16-35-21-9-7-20(8-10-21)30(31)32/h5-10,13-15,24H,11-12,16H2,1-4H3,(H,28,36). The first kappa shape index (κ1) is 25.2. The van der Waals surface area contributed by atoms with E-state index in [9.17, 15) is 10.1 Å². The van der Waals surface area contributed by atoms with Crippen molar-refractivity contribution in [2.45, 2.75) is 26.3 Å². The van der Waals surface area contributed by atoms with Gasteiger partial charge in [-0.3, -0.25) is 10.1 Å². The van der Waals surface area contributed by atoms with Crippen LogP contribution in [-0.2, 0) is 6.42 Å². The third-order valence-electron chi connectivity index (χ3n) is 6.35. The highest BCUT2D eigenvalue weighted by atomic mass is 32.1. The van der Waals surface area contributed by atoms with Crippen molar-refractivity contribution < 1.29 is 19.1 Å². The number of nitrogens with zero attached hydrogens (tertiary/aromatic N) is 2. The van der Waals surface area contributed by atoms with E-state index in [1.165, 1.54) is 12.1 Å². The monoisotopic (exact) mass is 507 g/mol. The number of nitrogens with one attached hydrogen (secondary N) is 1. The fourth-order valence-corrected chi connectivity index (χ4v) is 4.68. The lowest BCUT2D eigenvalue weighted by Crippen LogP contribution is -2.44. The maximum absolute atomic E-state index is 11.0. The molecule has 0 saturated carbocycles. The molecule has 1 N–H and O–H groups in total. The minimum absolute atomic E-state index is 0.0164. The lowest BCUT2D eigenvalue weighted by Gasteiger charge is -2.39. The van der Waals surface area contributed by atoms with Crippen LogP contribution in [0.5, 0.6) is 17.2 Å². The second kappa shape index (κ2) is 10.8. The number of methoxy groups -OCH3 is 2. The zero-order valence-electron chi connectivity index (χ0n) is 20.7. The van der Waals surface area contributed by atoms with E-state index in [-0.39, 0.29) is 18.3 Å². The second-order valence-electron chi connectivity index (χ2n) is 8.68. The number of anilines is 1. The van der Waals surface area contributed by atoms with Crippen molar-refractivity contribution in [2.24, 2.45) is 0 Å². The van der Waals surface area contributed by atoms with E-state index in [0.29, 0.717) is 28.9 Å². The molecule has 0 aliphatic carbocycles. The first-order valence-electron chi connectivity index (χ1n) is 11.6. The predicted octanol–water partition coefficient (Wildman–Crippen LogP) is 5.60. The average molecular weight is 508 g/mol. The first-order chi connectivity index (χ1) is 17.3. The topological polar surface area (TPSA) is 86.1 Å². The molecule has 0 fully saturated rings. The van der Waals surface area contributed by atoms with E-state index in [1.54, 1.807) is 26.4 Å². The molecular formula is C27H29N3O5S. The Hall–Kier alpha value is -3.85. The van der Waals surface area contributed by atoms with Crippen molar-refractivity contribution >= 4 is 28.7 Å². The normalized spacial score (nSPS) is 14.6. The number of hydrogen-bond donors (Lipinski definition) is 1. The number of rotatable bonds is 7. The van der Waals surface area contributed by atoms with E-state index in [2.05, 4.69) is 28.4 Å². The first-order valence-corrected chi connectivity index (χ1v) is 12.0. The van der Waals surface area contributed by atoms with E-state index in [1.807, 2.05) is 26.0 Å². The Kier molecular flexibility index (Phi) is 7.59. The smallest absolute Gasteiger partial charge is 0.269 e. The molecule has 1 aliphatic heterocycles. The van der Waals surface area contributed by atoms with E-state index in [4.69, 9.17) is 26.4 Å².